The summed E-state index contributed by atoms with van der Waals surface area (Å²) in [6, 6.07) is 15.4. The van der Waals surface area contributed by atoms with Gasteiger partial charge in [-0.05, 0) is 66.9 Å². The van der Waals surface area contributed by atoms with Gasteiger partial charge in [0.05, 0.1) is 16.2 Å². The van der Waals surface area contributed by atoms with Crippen LogP contribution in [-0.4, -0.2) is 37.7 Å². The predicted octanol–water partition coefficient (Wildman–Crippen LogP) is 4.45. The van der Waals surface area contributed by atoms with E-state index in [-0.39, 0.29) is 34.5 Å². The van der Waals surface area contributed by atoms with Gasteiger partial charge in [0, 0.05) is 29.7 Å². The molecule has 3 aromatic rings. The number of esters is 1. The molecular formula is C28H30ClN3O6S. The van der Waals surface area contributed by atoms with Gasteiger partial charge in [-0.2, -0.15) is 0 Å². The normalized spacial score (nSPS) is 11.0. The van der Waals surface area contributed by atoms with Gasteiger partial charge in [0.1, 0.15) is 6.61 Å². The average Bonchev–Trinajstić information content (AvgIpc) is 2.93. The van der Waals surface area contributed by atoms with Crippen LogP contribution in [0.5, 0.6) is 0 Å². The third-order valence-electron chi connectivity index (χ3n) is 5.72. The Balaban J connectivity index is 1.50. The van der Waals surface area contributed by atoms with E-state index in [1.807, 2.05) is 23.8 Å². The first-order valence-electron chi connectivity index (χ1n) is 12.5. The highest BCUT2D eigenvalue weighted by atomic mass is 35.5. The number of carbonyl (C=O) groups excluding carboxylic acids is 3. The molecule has 206 valence electrons. The Morgan fingerprint density at radius 2 is 1.59 bits per heavy atom. The summed E-state index contributed by atoms with van der Waals surface area (Å²) in [5.74, 6) is -1.54. The fourth-order valence-corrected chi connectivity index (χ4v) is 4.59. The van der Waals surface area contributed by atoms with Crippen molar-refractivity contribution in [2.24, 2.45) is 0 Å². The molecule has 0 unspecified atom stereocenters. The van der Waals surface area contributed by atoms with E-state index in [0.29, 0.717) is 30.1 Å². The molecular weight excluding hydrogens is 542 g/mol. The molecule has 2 N–H and O–H groups in total. The molecule has 0 saturated carbocycles. The number of nitrogens with one attached hydrogen (secondary N) is 2. The molecule has 0 radical (unpaired) electrons. The van der Waals surface area contributed by atoms with Crippen molar-refractivity contribution < 1.29 is 27.5 Å². The maximum Gasteiger partial charge on any atom is 0.306 e. The summed E-state index contributed by atoms with van der Waals surface area (Å²) in [4.78, 5) is 40.5. The first kappa shape index (κ1) is 29.8. The van der Waals surface area contributed by atoms with E-state index < -0.39 is 15.9 Å². The fourth-order valence-electron chi connectivity index (χ4n) is 3.49. The van der Waals surface area contributed by atoms with Crippen LogP contribution in [0.1, 0.15) is 64.6 Å². The molecule has 0 aliphatic heterocycles. The summed E-state index contributed by atoms with van der Waals surface area (Å²) in [5, 5.41) is 3.41. The maximum atomic E-state index is 12.7. The number of nitrogens with zero attached hydrogens (tertiary/aromatic N) is 1. The molecule has 1 heterocycles. The van der Waals surface area contributed by atoms with E-state index in [1.54, 1.807) is 12.1 Å². The van der Waals surface area contributed by atoms with Gasteiger partial charge >= 0.3 is 5.97 Å². The number of pyridine rings is 1. The summed E-state index contributed by atoms with van der Waals surface area (Å²) < 4.78 is 32.5. The van der Waals surface area contributed by atoms with Crippen molar-refractivity contribution in [2.45, 2.75) is 50.5 Å². The summed E-state index contributed by atoms with van der Waals surface area (Å²) in [6.07, 6.45) is 4.87. The number of carbonyl (C=O) groups is 3. The van der Waals surface area contributed by atoms with Gasteiger partial charge in [0.15, 0.2) is 0 Å². The van der Waals surface area contributed by atoms with Crippen molar-refractivity contribution in [1.82, 2.24) is 15.0 Å². The van der Waals surface area contributed by atoms with E-state index >= 15 is 0 Å². The highest BCUT2D eigenvalue weighted by Gasteiger charge is 2.20. The van der Waals surface area contributed by atoms with Crippen molar-refractivity contribution in [2.75, 3.05) is 6.54 Å². The monoisotopic (exact) mass is 571 g/mol. The lowest BCUT2D eigenvalue weighted by atomic mass is 10.1. The Labute approximate surface area is 233 Å². The third kappa shape index (κ3) is 9.49. The number of rotatable bonds is 13. The summed E-state index contributed by atoms with van der Waals surface area (Å²) in [6.45, 7) is 2.40. The topological polar surface area (TPSA) is 132 Å². The molecule has 0 bridgehead atoms. The van der Waals surface area contributed by atoms with Crippen LogP contribution in [0, 0.1) is 0 Å². The molecule has 0 atom stereocenters. The van der Waals surface area contributed by atoms with Gasteiger partial charge in [-0.15, -0.1) is 0 Å². The standard InChI is InChI=1S/C28H30ClN3O6S/c1-2-3-4-5-26(33)38-19-24-13-8-22(18-31-24)28(35)32-39(36,37)25-14-9-21(10-15-25)27(34)30-17-16-20-6-11-23(29)12-7-20/h6-15,18H,2-5,16-17,19H2,1H3,(H,30,34)(H,32,35). The SMILES string of the molecule is CCCCCC(=O)OCc1ccc(C(=O)NS(=O)(=O)c2ccc(C(=O)NCCc3ccc(Cl)cc3)cc2)cn1. The molecule has 11 heteroatoms. The molecule has 39 heavy (non-hydrogen) atoms. The lowest BCUT2D eigenvalue weighted by molar-refractivity contribution is -0.145. The van der Waals surface area contributed by atoms with Gasteiger partial charge in [-0.25, -0.2) is 13.1 Å². The van der Waals surface area contributed by atoms with Crippen LogP contribution in [0.15, 0.2) is 71.8 Å². The van der Waals surface area contributed by atoms with Crippen LogP contribution >= 0.6 is 11.6 Å². The van der Waals surface area contributed by atoms with Crippen molar-refractivity contribution in [3.05, 3.63) is 94.3 Å². The summed E-state index contributed by atoms with van der Waals surface area (Å²) >= 11 is 5.87. The Hall–Kier alpha value is -3.76. The number of hydrogen-bond acceptors (Lipinski definition) is 7. The zero-order valence-corrected chi connectivity index (χ0v) is 23.1. The third-order valence-corrected chi connectivity index (χ3v) is 7.32. The second-order valence-corrected chi connectivity index (χ2v) is 10.9. The number of halogens is 1. The van der Waals surface area contributed by atoms with Gasteiger partial charge in [0.2, 0.25) is 0 Å². The zero-order valence-electron chi connectivity index (χ0n) is 21.5. The first-order chi connectivity index (χ1) is 18.7. The molecule has 1 aromatic heterocycles. The molecule has 0 aliphatic carbocycles. The van der Waals surface area contributed by atoms with Crippen LogP contribution in [0.4, 0.5) is 0 Å². The Bertz CT molecular complexity index is 1380. The minimum atomic E-state index is -4.19. The number of sulfonamides is 1. The largest absolute Gasteiger partial charge is 0.459 e. The van der Waals surface area contributed by atoms with Crippen molar-refractivity contribution in [3.63, 3.8) is 0 Å². The van der Waals surface area contributed by atoms with E-state index in [1.165, 1.54) is 42.6 Å². The highest BCUT2D eigenvalue weighted by Crippen LogP contribution is 2.13. The molecule has 9 nitrogen and oxygen atoms in total. The summed E-state index contributed by atoms with van der Waals surface area (Å²) in [7, 11) is -4.19. The smallest absolute Gasteiger partial charge is 0.306 e. The van der Waals surface area contributed by atoms with Gasteiger partial charge in [0.25, 0.3) is 21.8 Å². The second kappa shape index (κ2) is 14.4. The minimum absolute atomic E-state index is 0.0216. The van der Waals surface area contributed by atoms with Gasteiger partial charge in [-0.3, -0.25) is 19.4 Å². The number of benzene rings is 2. The van der Waals surface area contributed by atoms with Gasteiger partial charge < -0.3 is 10.1 Å². The molecule has 0 fully saturated rings. The van der Waals surface area contributed by atoms with Crippen LogP contribution in [0.3, 0.4) is 0 Å². The lowest BCUT2D eigenvalue weighted by Gasteiger charge is -2.09. The molecule has 3 rings (SSSR count). The van der Waals surface area contributed by atoms with Crippen molar-refractivity contribution >= 4 is 39.4 Å². The quantitative estimate of drug-likeness (QED) is 0.229. The Morgan fingerprint density at radius 3 is 2.23 bits per heavy atom. The van der Waals surface area contributed by atoms with Crippen molar-refractivity contribution in [3.8, 4) is 0 Å². The molecule has 0 spiro atoms. The maximum absolute atomic E-state index is 12.7. The van der Waals surface area contributed by atoms with Gasteiger partial charge in [-0.1, -0.05) is 43.5 Å². The number of hydrogen-bond donors (Lipinski definition) is 2. The van der Waals surface area contributed by atoms with E-state index in [2.05, 4.69) is 10.3 Å². The lowest BCUT2D eigenvalue weighted by Crippen LogP contribution is -2.31. The average molecular weight is 572 g/mol. The molecule has 0 aliphatic rings. The van der Waals surface area contributed by atoms with Crippen LogP contribution in [0.2, 0.25) is 5.02 Å². The highest BCUT2D eigenvalue weighted by molar-refractivity contribution is 7.90. The molecule has 0 saturated heterocycles. The van der Waals surface area contributed by atoms with E-state index in [0.717, 1.165) is 24.8 Å². The van der Waals surface area contributed by atoms with Crippen LogP contribution in [-0.2, 0) is 32.6 Å². The molecule has 2 amide bonds. The second-order valence-electron chi connectivity index (χ2n) is 8.75. The Morgan fingerprint density at radius 1 is 0.897 bits per heavy atom. The van der Waals surface area contributed by atoms with Crippen molar-refractivity contribution in [1.29, 1.82) is 0 Å². The van der Waals surface area contributed by atoms with E-state index in [9.17, 15) is 22.8 Å². The Kier molecular flexibility index (Phi) is 11.0. The van der Waals surface area contributed by atoms with E-state index in [4.69, 9.17) is 16.3 Å². The first-order valence-corrected chi connectivity index (χ1v) is 14.3. The number of amides is 2. The predicted molar refractivity (Wildman–Crippen MR) is 147 cm³/mol. The minimum Gasteiger partial charge on any atom is -0.459 e. The number of unbranched alkanes of at least 4 members (excludes halogenated alkanes) is 2. The number of aromatic nitrogens is 1. The zero-order chi connectivity index (χ0) is 28.3. The van der Waals surface area contributed by atoms with Crippen LogP contribution in [0.25, 0.3) is 0 Å². The number of ether oxygens (including phenoxy) is 1. The fraction of sp³-hybridized carbons (Fsp3) is 0.286. The molecule has 2 aromatic carbocycles. The van der Waals surface area contributed by atoms with Crippen LogP contribution < -0.4 is 10.0 Å². The summed E-state index contributed by atoms with van der Waals surface area (Å²) in [5.41, 5.74) is 1.75.